The number of hydrogen-bond donors (Lipinski definition) is 0. The summed E-state index contributed by atoms with van der Waals surface area (Å²) in [4.78, 5) is 0. The molecule has 0 N–H and O–H groups in total. The van der Waals surface area contributed by atoms with Gasteiger partial charge in [0.1, 0.15) is 0 Å². The summed E-state index contributed by atoms with van der Waals surface area (Å²) in [5.41, 5.74) is 0.848. The summed E-state index contributed by atoms with van der Waals surface area (Å²) in [7, 11) is -0.885. The maximum Gasteiger partial charge on any atom is 0.0867 e. The van der Waals surface area contributed by atoms with E-state index in [1.165, 1.54) is 17.7 Å². The summed E-state index contributed by atoms with van der Waals surface area (Å²) in [5.74, 6) is 0. The van der Waals surface area contributed by atoms with Crippen molar-refractivity contribution in [2.45, 2.75) is 18.9 Å². The summed E-state index contributed by atoms with van der Waals surface area (Å²) in [6.07, 6.45) is 4.35. The van der Waals surface area contributed by atoms with E-state index in [0.717, 1.165) is 11.9 Å². The Morgan fingerprint density at radius 3 is 2.57 bits per heavy atom. The van der Waals surface area contributed by atoms with Crippen molar-refractivity contribution in [3.63, 3.8) is 0 Å². The van der Waals surface area contributed by atoms with Gasteiger partial charge in [-0.2, -0.15) is 0 Å². The average molecular weight is 225 g/mol. The van der Waals surface area contributed by atoms with Gasteiger partial charge in [0.05, 0.1) is 8.80 Å². The highest BCUT2D eigenvalue weighted by Gasteiger charge is 2.10. The SMILES string of the molecule is C=CCCC[SiH](CCl)c1ccccc1. The Hall–Kier alpha value is -0.533. The number of rotatable bonds is 6. The quantitative estimate of drug-likeness (QED) is 0.302. The zero-order valence-corrected chi connectivity index (χ0v) is 10.4. The lowest BCUT2D eigenvalue weighted by Crippen LogP contribution is -2.31. The highest BCUT2D eigenvalue weighted by Crippen LogP contribution is 2.04. The minimum absolute atomic E-state index is 0.848. The molecule has 1 aromatic carbocycles. The number of alkyl halides is 1. The Morgan fingerprint density at radius 1 is 1.29 bits per heavy atom. The van der Waals surface area contributed by atoms with Crippen molar-refractivity contribution >= 4 is 25.6 Å². The Bertz CT molecular complexity index is 258. The first-order valence-electron chi connectivity index (χ1n) is 5.10. The molecule has 2 heteroatoms. The van der Waals surface area contributed by atoms with Gasteiger partial charge in [-0.1, -0.05) is 54.1 Å². The van der Waals surface area contributed by atoms with Crippen LogP contribution in [0.4, 0.5) is 0 Å². The van der Waals surface area contributed by atoms with E-state index in [1.54, 1.807) is 0 Å². The minimum atomic E-state index is -0.885. The maximum atomic E-state index is 6.02. The fourth-order valence-electron chi connectivity index (χ4n) is 1.57. The van der Waals surface area contributed by atoms with Crippen LogP contribution in [0, 0.1) is 0 Å². The molecule has 76 valence electrons. The van der Waals surface area contributed by atoms with E-state index in [1.807, 2.05) is 6.08 Å². The van der Waals surface area contributed by atoms with Crippen LogP contribution in [-0.4, -0.2) is 14.3 Å². The van der Waals surface area contributed by atoms with Gasteiger partial charge in [-0.15, -0.1) is 18.2 Å². The fraction of sp³-hybridized carbons (Fsp3) is 0.333. The molecule has 0 radical (unpaired) electrons. The molecule has 14 heavy (non-hydrogen) atoms. The first-order valence-corrected chi connectivity index (χ1v) is 7.84. The van der Waals surface area contributed by atoms with Crippen molar-refractivity contribution in [3.05, 3.63) is 43.0 Å². The van der Waals surface area contributed by atoms with E-state index in [4.69, 9.17) is 11.6 Å². The highest BCUT2D eigenvalue weighted by molar-refractivity contribution is 6.79. The van der Waals surface area contributed by atoms with Gasteiger partial charge in [0.25, 0.3) is 0 Å². The molecular weight excluding hydrogens is 208 g/mol. The first kappa shape index (κ1) is 11.5. The number of hydrogen-bond acceptors (Lipinski definition) is 0. The van der Waals surface area contributed by atoms with Gasteiger partial charge in [0, 0.05) is 5.50 Å². The minimum Gasteiger partial charge on any atom is -0.130 e. The second-order valence-electron chi connectivity index (χ2n) is 3.48. The topological polar surface area (TPSA) is 0 Å². The standard InChI is InChI=1S/C12H17ClSi/c1-2-3-7-10-14(11-13)12-8-5-4-6-9-12/h2,4-6,8-9,14H,1,3,7,10-11H2. The van der Waals surface area contributed by atoms with Crippen LogP contribution in [0.15, 0.2) is 43.0 Å². The van der Waals surface area contributed by atoms with Gasteiger partial charge in [-0.3, -0.25) is 0 Å². The lowest BCUT2D eigenvalue weighted by Gasteiger charge is -2.11. The molecule has 0 saturated heterocycles. The van der Waals surface area contributed by atoms with Crippen LogP contribution >= 0.6 is 11.6 Å². The molecular formula is C12H17ClSi. The summed E-state index contributed by atoms with van der Waals surface area (Å²) >= 11 is 6.02. The smallest absolute Gasteiger partial charge is 0.0867 e. The van der Waals surface area contributed by atoms with Crippen molar-refractivity contribution < 1.29 is 0 Å². The summed E-state index contributed by atoms with van der Waals surface area (Å²) in [6, 6.07) is 12.0. The van der Waals surface area contributed by atoms with Gasteiger partial charge < -0.3 is 0 Å². The molecule has 0 aliphatic carbocycles. The van der Waals surface area contributed by atoms with Crippen LogP contribution in [0.25, 0.3) is 0 Å². The van der Waals surface area contributed by atoms with Crippen LogP contribution in [0.2, 0.25) is 6.04 Å². The number of halogens is 1. The molecule has 1 aromatic rings. The lowest BCUT2D eigenvalue weighted by molar-refractivity contribution is 0.947. The molecule has 0 aromatic heterocycles. The fourth-order valence-corrected chi connectivity index (χ4v) is 4.72. The van der Waals surface area contributed by atoms with E-state index in [0.29, 0.717) is 0 Å². The van der Waals surface area contributed by atoms with E-state index in [9.17, 15) is 0 Å². The first-order chi connectivity index (χ1) is 6.88. The van der Waals surface area contributed by atoms with Crippen LogP contribution in [0.1, 0.15) is 12.8 Å². The van der Waals surface area contributed by atoms with Gasteiger partial charge in [-0.05, 0) is 6.42 Å². The molecule has 0 fully saturated rings. The Morgan fingerprint density at radius 2 is 2.00 bits per heavy atom. The van der Waals surface area contributed by atoms with E-state index < -0.39 is 8.80 Å². The molecule has 0 spiro atoms. The zero-order valence-electron chi connectivity index (χ0n) is 8.45. The average Bonchev–Trinajstić information content (AvgIpc) is 2.26. The molecule has 0 saturated carbocycles. The van der Waals surface area contributed by atoms with Crippen LogP contribution in [0.5, 0.6) is 0 Å². The Kier molecular flexibility index (Phi) is 5.65. The van der Waals surface area contributed by atoms with E-state index in [2.05, 4.69) is 36.9 Å². The highest BCUT2D eigenvalue weighted by atomic mass is 35.5. The van der Waals surface area contributed by atoms with Crippen molar-refractivity contribution in [1.82, 2.24) is 0 Å². The van der Waals surface area contributed by atoms with Crippen LogP contribution < -0.4 is 5.19 Å². The molecule has 0 aliphatic rings. The Labute approximate surface area is 93.2 Å². The molecule has 1 unspecified atom stereocenters. The molecule has 0 aliphatic heterocycles. The predicted octanol–water partition coefficient (Wildman–Crippen LogP) is 2.86. The third-order valence-corrected chi connectivity index (χ3v) is 6.34. The zero-order chi connectivity index (χ0) is 10.2. The van der Waals surface area contributed by atoms with Crippen molar-refractivity contribution in [3.8, 4) is 0 Å². The van der Waals surface area contributed by atoms with E-state index >= 15 is 0 Å². The predicted molar refractivity (Wildman–Crippen MR) is 68.2 cm³/mol. The Balaban J connectivity index is 2.50. The molecule has 0 bridgehead atoms. The van der Waals surface area contributed by atoms with Gasteiger partial charge in [0.15, 0.2) is 0 Å². The summed E-state index contributed by atoms with van der Waals surface area (Å²) in [5, 5.41) is 1.49. The lowest BCUT2D eigenvalue weighted by atomic mass is 10.3. The maximum absolute atomic E-state index is 6.02. The third-order valence-electron chi connectivity index (χ3n) is 2.42. The van der Waals surface area contributed by atoms with Crippen molar-refractivity contribution in [2.24, 2.45) is 0 Å². The van der Waals surface area contributed by atoms with Gasteiger partial charge >= 0.3 is 0 Å². The molecule has 1 rings (SSSR count). The second kappa shape index (κ2) is 6.85. The molecule has 0 amide bonds. The summed E-state index contributed by atoms with van der Waals surface area (Å²) < 4.78 is 0. The normalized spacial score (nSPS) is 12.4. The van der Waals surface area contributed by atoms with Crippen molar-refractivity contribution in [1.29, 1.82) is 0 Å². The van der Waals surface area contributed by atoms with Gasteiger partial charge in [-0.25, -0.2) is 0 Å². The van der Waals surface area contributed by atoms with E-state index in [-0.39, 0.29) is 0 Å². The molecule has 1 atom stereocenters. The summed E-state index contributed by atoms with van der Waals surface area (Å²) in [6.45, 7) is 3.74. The molecule has 0 heterocycles. The van der Waals surface area contributed by atoms with Gasteiger partial charge in [0.2, 0.25) is 0 Å². The van der Waals surface area contributed by atoms with Crippen LogP contribution in [-0.2, 0) is 0 Å². The number of unbranched alkanes of at least 4 members (excludes halogenated alkanes) is 1. The third kappa shape index (κ3) is 3.68. The monoisotopic (exact) mass is 224 g/mol. The van der Waals surface area contributed by atoms with Crippen LogP contribution in [0.3, 0.4) is 0 Å². The second-order valence-corrected chi connectivity index (χ2v) is 7.35. The van der Waals surface area contributed by atoms with Crippen molar-refractivity contribution in [2.75, 3.05) is 5.50 Å². The number of allylic oxidation sites excluding steroid dienone is 1. The number of benzene rings is 1. The largest absolute Gasteiger partial charge is 0.130 e. The molecule has 0 nitrogen and oxygen atoms in total.